The van der Waals surface area contributed by atoms with Gasteiger partial charge in [-0.05, 0) is 46.3 Å². The van der Waals surface area contributed by atoms with Crippen molar-refractivity contribution in [3.05, 3.63) is 50.6 Å². The lowest BCUT2D eigenvalue weighted by atomic mass is 10.1. The predicted molar refractivity (Wildman–Crippen MR) is 87.7 cm³/mol. The third-order valence-electron chi connectivity index (χ3n) is 3.48. The van der Waals surface area contributed by atoms with Crippen LogP contribution in [0.25, 0.3) is 0 Å². The minimum absolute atomic E-state index is 0.0245. The van der Waals surface area contributed by atoms with Crippen LogP contribution in [0, 0.1) is 0 Å². The number of halogens is 1. The minimum atomic E-state index is -0.0245. The highest BCUT2D eigenvalue weighted by atomic mass is 79.9. The van der Waals surface area contributed by atoms with Crippen LogP contribution in [0.15, 0.2) is 45.3 Å². The zero-order valence-corrected chi connectivity index (χ0v) is 13.5. The first kappa shape index (κ1) is 14.3. The van der Waals surface area contributed by atoms with Crippen molar-refractivity contribution in [2.45, 2.75) is 12.8 Å². The molecular weight excluding hydrogens is 352 g/mol. The molecule has 0 fully saturated rings. The van der Waals surface area contributed by atoms with Crippen LogP contribution in [0.3, 0.4) is 0 Å². The fraction of sp³-hybridized carbons (Fsp3) is 0.200. The van der Waals surface area contributed by atoms with Crippen LogP contribution in [-0.4, -0.2) is 23.4 Å². The Hall–Kier alpha value is -1.66. The van der Waals surface area contributed by atoms with Crippen LogP contribution >= 0.6 is 27.3 Å². The Labute approximate surface area is 134 Å². The van der Waals surface area contributed by atoms with Crippen molar-refractivity contribution in [2.24, 2.45) is 5.16 Å². The van der Waals surface area contributed by atoms with Crippen LogP contribution in [0.2, 0.25) is 0 Å². The molecule has 6 heteroatoms. The lowest BCUT2D eigenvalue weighted by molar-refractivity contribution is 0.0990. The van der Waals surface area contributed by atoms with Crippen molar-refractivity contribution >= 4 is 44.6 Å². The number of hydrogen-bond acceptors (Lipinski definition) is 4. The van der Waals surface area contributed by atoms with Gasteiger partial charge >= 0.3 is 0 Å². The number of carbonyl (C=O) groups is 1. The molecule has 0 atom stereocenters. The number of benzene rings is 1. The molecule has 0 bridgehead atoms. The number of para-hydroxylation sites is 1. The third kappa shape index (κ3) is 2.61. The predicted octanol–water partition coefficient (Wildman–Crippen LogP) is 4.13. The summed E-state index contributed by atoms with van der Waals surface area (Å²) in [7, 11) is 0. The van der Waals surface area contributed by atoms with Gasteiger partial charge in [-0.2, -0.15) is 0 Å². The number of thiophene rings is 1. The lowest BCUT2D eigenvalue weighted by Crippen LogP contribution is -2.31. The molecule has 0 spiro atoms. The highest BCUT2D eigenvalue weighted by molar-refractivity contribution is 9.10. The Bertz CT molecular complexity index is 711. The Morgan fingerprint density at radius 2 is 2.14 bits per heavy atom. The summed E-state index contributed by atoms with van der Waals surface area (Å²) in [6.45, 7) is 0.610. The molecule has 1 aliphatic rings. The molecule has 1 aliphatic heterocycles. The molecule has 4 nitrogen and oxygen atoms in total. The number of oxime groups is 1. The molecule has 1 aromatic heterocycles. The van der Waals surface area contributed by atoms with Crippen molar-refractivity contribution in [3.8, 4) is 0 Å². The Morgan fingerprint density at radius 1 is 1.33 bits per heavy atom. The molecule has 21 heavy (non-hydrogen) atoms. The zero-order valence-electron chi connectivity index (χ0n) is 11.1. The van der Waals surface area contributed by atoms with Gasteiger partial charge in [-0.25, -0.2) is 0 Å². The van der Waals surface area contributed by atoms with Gasteiger partial charge in [-0.15, -0.1) is 11.3 Å². The molecule has 108 valence electrons. The first-order valence-electron chi connectivity index (χ1n) is 6.57. The molecule has 1 amide bonds. The van der Waals surface area contributed by atoms with Crippen LogP contribution < -0.4 is 4.90 Å². The summed E-state index contributed by atoms with van der Waals surface area (Å²) in [5, 5.41) is 14.5. The molecule has 0 unspecified atom stereocenters. The van der Waals surface area contributed by atoms with E-state index in [1.165, 1.54) is 11.3 Å². The summed E-state index contributed by atoms with van der Waals surface area (Å²) >= 11 is 4.84. The Morgan fingerprint density at radius 3 is 2.86 bits per heavy atom. The van der Waals surface area contributed by atoms with Gasteiger partial charge < -0.3 is 10.1 Å². The van der Waals surface area contributed by atoms with Crippen LogP contribution in [0.4, 0.5) is 5.69 Å². The second kappa shape index (κ2) is 5.99. The van der Waals surface area contributed by atoms with Crippen molar-refractivity contribution in [2.75, 3.05) is 11.4 Å². The van der Waals surface area contributed by atoms with Gasteiger partial charge in [-0.3, -0.25) is 4.79 Å². The van der Waals surface area contributed by atoms with Gasteiger partial charge in [0.1, 0.15) is 4.88 Å². The first-order valence-corrected chi connectivity index (χ1v) is 8.25. The van der Waals surface area contributed by atoms with E-state index in [1.807, 2.05) is 35.7 Å². The number of fused-ring (bicyclic) bond motifs is 1. The van der Waals surface area contributed by atoms with Gasteiger partial charge in [0.2, 0.25) is 0 Å². The van der Waals surface area contributed by atoms with Crippen LogP contribution in [-0.2, 0) is 0 Å². The summed E-state index contributed by atoms with van der Waals surface area (Å²) in [4.78, 5) is 15.3. The monoisotopic (exact) mass is 364 g/mol. The molecule has 0 radical (unpaired) electrons. The summed E-state index contributed by atoms with van der Waals surface area (Å²) in [6.07, 6.45) is 1.42. The van der Waals surface area contributed by atoms with E-state index in [2.05, 4.69) is 21.1 Å². The number of hydrogen-bond donors (Lipinski definition) is 1. The van der Waals surface area contributed by atoms with Crippen LogP contribution in [0.1, 0.15) is 28.1 Å². The topological polar surface area (TPSA) is 52.9 Å². The maximum absolute atomic E-state index is 12.8. The first-order chi connectivity index (χ1) is 10.2. The second-order valence-electron chi connectivity index (χ2n) is 4.72. The zero-order chi connectivity index (χ0) is 14.8. The molecule has 0 aliphatic carbocycles. The lowest BCUT2D eigenvalue weighted by Gasteiger charge is -2.22. The van der Waals surface area contributed by atoms with E-state index < -0.39 is 0 Å². The van der Waals surface area contributed by atoms with Gasteiger partial charge in [-0.1, -0.05) is 23.4 Å². The maximum atomic E-state index is 12.8. The fourth-order valence-corrected chi connectivity index (χ4v) is 3.99. The van der Waals surface area contributed by atoms with Gasteiger partial charge in [0.05, 0.1) is 11.4 Å². The highest BCUT2D eigenvalue weighted by Gasteiger charge is 2.26. The SMILES string of the molecule is O=C(c1sccc1Br)N1CCC/C(=N/O)c2ccccc21. The summed E-state index contributed by atoms with van der Waals surface area (Å²) in [5.74, 6) is -0.0245. The van der Waals surface area contributed by atoms with E-state index in [0.717, 1.165) is 22.1 Å². The van der Waals surface area contributed by atoms with E-state index in [0.29, 0.717) is 23.6 Å². The number of rotatable bonds is 1. The van der Waals surface area contributed by atoms with E-state index in [1.54, 1.807) is 4.90 Å². The third-order valence-corrected chi connectivity index (χ3v) is 5.30. The van der Waals surface area contributed by atoms with Crippen molar-refractivity contribution in [1.82, 2.24) is 0 Å². The van der Waals surface area contributed by atoms with E-state index in [9.17, 15) is 10.0 Å². The van der Waals surface area contributed by atoms with Gasteiger partial charge in [0, 0.05) is 16.6 Å². The fourth-order valence-electron chi connectivity index (χ4n) is 2.50. The van der Waals surface area contributed by atoms with E-state index in [-0.39, 0.29) is 5.91 Å². The number of anilines is 1. The van der Waals surface area contributed by atoms with Crippen molar-refractivity contribution in [1.29, 1.82) is 0 Å². The molecule has 0 saturated carbocycles. The van der Waals surface area contributed by atoms with Crippen LogP contribution in [0.5, 0.6) is 0 Å². The number of nitrogens with zero attached hydrogens (tertiary/aromatic N) is 2. The molecule has 3 rings (SSSR count). The largest absolute Gasteiger partial charge is 0.411 e. The van der Waals surface area contributed by atoms with E-state index >= 15 is 0 Å². The average molecular weight is 365 g/mol. The quantitative estimate of drug-likeness (QED) is 0.610. The van der Waals surface area contributed by atoms with Gasteiger partial charge in [0.15, 0.2) is 0 Å². The molecule has 0 saturated heterocycles. The second-order valence-corrected chi connectivity index (χ2v) is 6.49. The van der Waals surface area contributed by atoms with Crippen molar-refractivity contribution < 1.29 is 10.0 Å². The van der Waals surface area contributed by atoms with Gasteiger partial charge in [0.25, 0.3) is 5.91 Å². The summed E-state index contributed by atoms with van der Waals surface area (Å²) in [5.41, 5.74) is 2.25. The minimum Gasteiger partial charge on any atom is -0.411 e. The molecule has 2 aromatic rings. The Balaban J connectivity index is 2.07. The number of carbonyl (C=O) groups excluding carboxylic acids is 1. The maximum Gasteiger partial charge on any atom is 0.269 e. The number of amides is 1. The molecular formula is C15H13BrN2O2S. The summed E-state index contributed by atoms with van der Waals surface area (Å²) < 4.78 is 0.815. The normalized spacial score (nSPS) is 16.6. The Kier molecular flexibility index (Phi) is 4.07. The molecule has 2 heterocycles. The van der Waals surface area contributed by atoms with Crippen molar-refractivity contribution in [3.63, 3.8) is 0 Å². The van der Waals surface area contributed by atoms with E-state index in [4.69, 9.17) is 0 Å². The smallest absolute Gasteiger partial charge is 0.269 e. The summed E-state index contributed by atoms with van der Waals surface area (Å²) in [6, 6.07) is 9.44. The highest BCUT2D eigenvalue weighted by Crippen LogP contribution is 2.31. The molecule has 1 aromatic carbocycles. The molecule has 1 N–H and O–H groups in total. The average Bonchev–Trinajstić information content (AvgIpc) is 2.84. The standard InChI is InChI=1S/C15H13BrN2O2S/c16-11-7-9-21-14(11)15(19)18-8-3-5-12(17-20)10-4-1-2-6-13(10)18/h1-2,4,6-7,9,20H,3,5,8H2/b17-12-.